The van der Waals surface area contributed by atoms with Gasteiger partial charge in [-0.15, -0.1) is 11.3 Å². The van der Waals surface area contributed by atoms with Crippen molar-refractivity contribution in [3.05, 3.63) is 63.9 Å². The largest absolute Gasteiger partial charge is 0.426 e. The van der Waals surface area contributed by atoms with E-state index in [1.807, 2.05) is 17.4 Å². The van der Waals surface area contributed by atoms with Crippen LogP contribution in [0.25, 0.3) is 0 Å². The minimum Gasteiger partial charge on any atom is -0.426 e. The lowest BCUT2D eigenvalue weighted by Crippen LogP contribution is -2.40. The average molecular weight is 552 g/mol. The summed E-state index contributed by atoms with van der Waals surface area (Å²) < 4.78 is 5.88. The molecule has 1 aromatic heterocycles. The monoisotopic (exact) mass is 551 g/mol. The molecule has 216 valence electrons. The third kappa shape index (κ3) is 12.0. The molecule has 2 aromatic rings. The quantitative estimate of drug-likeness (QED) is 0.0710. The van der Waals surface area contributed by atoms with E-state index in [0.717, 1.165) is 57.4 Å². The molecule has 1 atom stereocenters. The fraction of sp³-hybridized carbons (Fsp3) is 0.629. The molecule has 4 heteroatoms. The molecule has 1 unspecified atom stereocenters. The Morgan fingerprint density at radius 3 is 2.41 bits per heavy atom. The molecule has 0 bridgehead atoms. The van der Waals surface area contributed by atoms with E-state index < -0.39 is 0 Å². The SMILES string of the molecule is CCCCCCC/C=C\CCCCCCCC(=O)Oc1cccc2c1CCC(N(CC)CCc1cccs1)C2. The molecule has 0 fully saturated rings. The second kappa shape index (κ2) is 19.2. The van der Waals surface area contributed by atoms with Gasteiger partial charge in [0.05, 0.1) is 0 Å². The number of hydrogen-bond donors (Lipinski definition) is 0. The predicted molar refractivity (Wildman–Crippen MR) is 168 cm³/mol. The molecule has 1 heterocycles. The normalized spacial score (nSPS) is 15.2. The van der Waals surface area contributed by atoms with Gasteiger partial charge in [0, 0.05) is 23.9 Å². The molecule has 0 radical (unpaired) electrons. The Kier molecular flexibility index (Phi) is 15.6. The fourth-order valence-corrected chi connectivity index (χ4v) is 6.50. The van der Waals surface area contributed by atoms with E-state index in [2.05, 4.69) is 60.5 Å². The number of thiophene rings is 1. The highest BCUT2D eigenvalue weighted by Crippen LogP contribution is 2.32. The van der Waals surface area contributed by atoms with Gasteiger partial charge in [-0.3, -0.25) is 9.69 Å². The van der Waals surface area contributed by atoms with Gasteiger partial charge in [-0.25, -0.2) is 0 Å². The van der Waals surface area contributed by atoms with E-state index in [0.29, 0.717) is 12.5 Å². The zero-order valence-corrected chi connectivity index (χ0v) is 25.6. The van der Waals surface area contributed by atoms with Crippen LogP contribution in [0.2, 0.25) is 0 Å². The van der Waals surface area contributed by atoms with Gasteiger partial charge in [-0.05, 0) is 93.0 Å². The van der Waals surface area contributed by atoms with Gasteiger partial charge < -0.3 is 4.74 Å². The van der Waals surface area contributed by atoms with Crippen LogP contribution in [-0.2, 0) is 24.1 Å². The maximum absolute atomic E-state index is 12.6. The number of unbranched alkanes of at least 4 members (excludes halogenated alkanes) is 10. The highest BCUT2D eigenvalue weighted by molar-refractivity contribution is 7.09. The van der Waals surface area contributed by atoms with Crippen LogP contribution in [0.15, 0.2) is 47.9 Å². The fourth-order valence-electron chi connectivity index (χ4n) is 5.80. The van der Waals surface area contributed by atoms with Gasteiger partial charge in [0.15, 0.2) is 0 Å². The number of likely N-dealkylation sites (N-methyl/N-ethyl adjacent to an activating group) is 1. The summed E-state index contributed by atoms with van der Waals surface area (Å²) in [6.45, 7) is 6.74. The molecule has 0 aliphatic heterocycles. The molecule has 39 heavy (non-hydrogen) atoms. The lowest BCUT2D eigenvalue weighted by Gasteiger charge is -2.35. The molecule has 0 amide bonds. The zero-order valence-electron chi connectivity index (χ0n) is 24.8. The number of carbonyl (C=O) groups is 1. The Morgan fingerprint density at radius 1 is 0.949 bits per heavy atom. The summed E-state index contributed by atoms with van der Waals surface area (Å²) in [4.78, 5) is 16.7. The summed E-state index contributed by atoms with van der Waals surface area (Å²) in [5.74, 6) is 0.730. The number of esters is 1. The Hall–Kier alpha value is -1.91. The van der Waals surface area contributed by atoms with Gasteiger partial charge in [0.2, 0.25) is 0 Å². The second-order valence-corrected chi connectivity index (χ2v) is 12.2. The Morgan fingerprint density at radius 2 is 1.69 bits per heavy atom. The first kappa shape index (κ1) is 31.6. The first-order valence-corrected chi connectivity index (χ1v) is 16.8. The van der Waals surface area contributed by atoms with E-state index in [4.69, 9.17) is 4.74 Å². The topological polar surface area (TPSA) is 29.5 Å². The average Bonchev–Trinajstić information content (AvgIpc) is 3.47. The van der Waals surface area contributed by atoms with Gasteiger partial charge in [-0.1, -0.05) is 89.1 Å². The van der Waals surface area contributed by atoms with Crippen molar-refractivity contribution in [2.45, 2.75) is 129 Å². The maximum atomic E-state index is 12.6. The van der Waals surface area contributed by atoms with E-state index in [9.17, 15) is 4.79 Å². The first-order valence-electron chi connectivity index (χ1n) is 15.9. The van der Waals surface area contributed by atoms with Crippen LogP contribution >= 0.6 is 11.3 Å². The number of allylic oxidation sites excluding steroid dienone is 2. The highest BCUT2D eigenvalue weighted by Gasteiger charge is 2.26. The smallest absolute Gasteiger partial charge is 0.311 e. The molecular weight excluding hydrogens is 498 g/mol. The lowest BCUT2D eigenvalue weighted by molar-refractivity contribution is -0.134. The Labute approximate surface area is 243 Å². The molecule has 3 nitrogen and oxygen atoms in total. The number of rotatable bonds is 20. The minimum atomic E-state index is -0.0708. The Bertz CT molecular complexity index is 952. The molecule has 0 spiro atoms. The third-order valence-electron chi connectivity index (χ3n) is 8.18. The zero-order chi connectivity index (χ0) is 27.5. The van der Waals surface area contributed by atoms with Crippen LogP contribution in [0, 0.1) is 0 Å². The van der Waals surface area contributed by atoms with Gasteiger partial charge >= 0.3 is 5.97 Å². The molecular formula is C35H53NO2S. The molecule has 1 aliphatic carbocycles. The summed E-state index contributed by atoms with van der Waals surface area (Å²) in [7, 11) is 0. The summed E-state index contributed by atoms with van der Waals surface area (Å²) in [5.41, 5.74) is 2.61. The van der Waals surface area contributed by atoms with Crippen molar-refractivity contribution < 1.29 is 9.53 Å². The standard InChI is InChI=1S/C35H53NO2S/c1-3-5-6-7-8-9-10-11-12-13-14-15-16-17-23-35(37)38-34-22-18-20-30-29-31(24-25-33(30)34)36(4-2)27-26-32-21-19-28-39-32/h10-11,18-22,28,31H,3-9,12-17,23-27,29H2,1-2H3/b11-10-. The van der Waals surface area contributed by atoms with Crippen molar-refractivity contribution in [2.75, 3.05) is 13.1 Å². The van der Waals surface area contributed by atoms with Crippen LogP contribution in [0.4, 0.5) is 0 Å². The van der Waals surface area contributed by atoms with Gasteiger partial charge in [0.1, 0.15) is 5.75 Å². The maximum Gasteiger partial charge on any atom is 0.311 e. The highest BCUT2D eigenvalue weighted by atomic mass is 32.1. The van der Waals surface area contributed by atoms with Crippen molar-refractivity contribution in [3.8, 4) is 5.75 Å². The molecule has 0 saturated carbocycles. The minimum absolute atomic E-state index is 0.0708. The number of carbonyl (C=O) groups excluding carboxylic acids is 1. The van der Waals surface area contributed by atoms with Crippen molar-refractivity contribution in [3.63, 3.8) is 0 Å². The van der Waals surface area contributed by atoms with E-state index >= 15 is 0 Å². The molecule has 1 aliphatic rings. The van der Waals surface area contributed by atoms with Crippen molar-refractivity contribution in [2.24, 2.45) is 0 Å². The number of ether oxygens (including phenoxy) is 1. The summed E-state index contributed by atoms with van der Waals surface area (Å²) in [6.07, 6.45) is 24.6. The van der Waals surface area contributed by atoms with Crippen LogP contribution in [-0.4, -0.2) is 30.0 Å². The van der Waals surface area contributed by atoms with Gasteiger partial charge in [0.25, 0.3) is 0 Å². The van der Waals surface area contributed by atoms with Crippen LogP contribution in [0.3, 0.4) is 0 Å². The van der Waals surface area contributed by atoms with E-state index in [1.165, 1.54) is 80.2 Å². The van der Waals surface area contributed by atoms with Crippen LogP contribution < -0.4 is 4.74 Å². The number of hydrogen-bond acceptors (Lipinski definition) is 4. The van der Waals surface area contributed by atoms with Crippen LogP contribution in [0.5, 0.6) is 5.75 Å². The number of nitrogens with zero attached hydrogens (tertiary/aromatic N) is 1. The Balaban J connectivity index is 1.29. The molecule has 0 saturated heterocycles. The number of benzene rings is 1. The van der Waals surface area contributed by atoms with Crippen molar-refractivity contribution in [1.29, 1.82) is 0 Å². The third-order valence-corrected chi connectivity index (χ3v) is 9.11. The molecule has 1 aromatic carbocycles. The first-order chi connectivity index (χ1) is 19.2. The molecule has 0 N–H and O–H groups in total. The van der Waals surface area contributed by atoms with E-state index in [-0.39, 0.29) is 5.97 Å². The van der Waals surface area contributed by atoms with Crippen molar-refractivity contribution in [1.82, 2.24) is 4.90 Å². The predicted octanol–water partition coefficient (Wildman–Crippen LogP) is 9.72. The second-order valence-electron chi connectivity index (χ2n) is 11.2. The van der Waals surface area contributed by atoms with Crippen molar-refractivity contribution >= 4 is 17.3 Å². The molecule has 3 rings (SSSR count). The van der Waals surface area contributed by atoms with Crippen LogP contribution in [0.1, 0.15) is 120 Å². The van der Waals surface area contributed by atoms with E-state index in [1.54, 1.807) is 0 Å². The summed E-state index contributed by atoms with van der Waals surface area (Å²) in [5, 5.41) is 2.17. The van der Waals surface area contributed by atoms with Gasteiger partial charge in [-0.2, -0.15) is 0 Å². The number of fused-ring (bicyclic) bond motifs is 1. The lowest BCUT2D eigenvalue weighted by atomic mass is 9.86. The summed E-state index contributed by atoms with van der Waals surface area (Å²) in [6, 6.07) is 11.2. The summed E-state index contributed by atoms with van der Waals surface area (Å²) >= 11 is 1.86.